The number of aryl methyl sites for hydroxylation is 6. The minimum atomic E-state index is -2.66. The highest BCUT2D eigenvalue weighted by atomic mass is 28.3. The second kappa shape index (κ2) is 12.5. The number of hydrogen-bond donors (Lipinski definition) is 0. The first kappa shape index (κ1) is 30.3. The molecular formula is C39H52Si. The maximum atomic E-state index is 2.62. The van der Waals surface area contributed by atoms with Crippen molar-refractivity contribution >= 4 is 23.6 Å². The molecule has 0 bridgehead atoms. The van der Waals surface area contributed by atoms with Crippen molar-refractivity contribution in [1.82, 2.24) is 0 Å². The molecule has 0 spiro atoms. The fraction of sp³-hybridized carbons (Fsp3) is 0.436. The van der Waals surface area contributed by atoms with Crippen LogP contribution in [0, 0.1) is 5.41 Å². The maximum absolute atomic E-state index is 2.66. The van der Waals surface area contributed by atoms with Crippen LogP contribution in [0.1, 0.15) is 102 Å². The van der Waals surface area contributed by atoms with Crippen LogP contribution in [0.4, 0.5) is 0 Å². The summed E-state index contributed by atoms with van der Waals surface area (Å²) in [5, 5.41) is 6.33. The number of hydrogen-bond acceptors (Lipinski definition) is 0. The third kappa shape index (κ3) is 5.73. The molecule has 0 aromatic heterocycles. The van der Waals surface area contributed by atoms with Gasteiger partial charge in [-0.1, -0.05) is 129 Å². The molecule has 4 rings (SSSR count). The Labute approximate surface area is 246 Å². The topological polar surface area (TPSA) is 0 Å². The molecule has 0 fully saturated rings. The summed E-state index contributed by atoms with van der Waals surface area (Å²) in [6.45, 7) is 21.1. The summed E-state index contributed by atoms with van der Waals surface area (Å²) in [6.07, 6.45) is 12.6. The molecule has 1 aliphatic carbocycles. The van der Waals surface area contributed by atoms with E-state index in [0.717, 1.165) is 44.9 Å². The lowest BCUT2D eigenvalue weighted by Crippen LogP contribution is -2.69. The van der Waals surface area contributed by atoms with Crippen LogP contribution in [-0.4, -0.2) is 8.07 Å². The zero-order valence-electron chi connectivity index (χ0n) is 26.8. The van der Waals surface area contributed by atoms with Gasteiger partial charge in [0.2, 0.25) is 0 Å². The smallest absolute Gasteiger partial charge is 0.0801 e. The van der Waals surface area contributed by atoms with Crippen molar-refractivity contribution in [3.05, 3.63) is 111 Å². The van der Waals surface area contributed by atoms with Crippen LogP contribution >= 0.6 is 0 Å². The Morgan fingerprint density at radius 2 is 0.775 bits per heavy atom. The molecule has 0 amide bonds. The molecule has 0 unspecified atom stereocenters. The van der Waals surface area contributed by atoms with E-state index < -0.39 is 8.07 Å². The van der Waals surface area contributed by atoms with E-state index >= 15 is 0 Å². The lowest BCUT2D eigenvalue weighted by Gasteiger charge is -2.40. The second-order valence-electron chi connectivity index (χ2n) is 12.7. The highest BCUT2D eigenvalue weighted by Gasteiger charge is 2.47. The largest absolute Gasteiger partial charge is 0.179 e. The third-order valence-electron chi connectivity index (χ3n) is 9.05. The Morgan fingerprint density at radius 1 is 0.475 bits per heavy atom. The van der Waals surface area contributed by atoms with Crippen LogP contribution in [0.25, 0.3) is 0 Å². The maximum Gasteiger partial charge on any atom is 0.179 e. The van der Waals surface area contributed by atoms with Crippen LogP contribution in [-0.2, 0) is 38.5 Å². The standard InChI is InChI=1S/C39H52Si/c1-10-28-19-29(11-2)23-34(22-28)40(38-18-16-17-37(38)39(7,8)9,35-24-30(12-3)20-31(13-4)25-35)36-26-32(14-5)21-33(15-6)27-36/h17-27H,10-16H2,1-9H3. The molecule has 0 saturated heterocycles. The average Bonchev–Trinajstić information content (AvgIpc) is 3.48. The molecule has 212 valence electrons. The summed E-state index contributed by atoms with van der Waals surface area (Å²) in [6, 6.07) is 22.9. The monoisotopic (exact) mass is 548 g/mol. The van der Waals surface area contributed by atoms with E-state index in [9.17, 15) is 0 Å². The van der Waals surface area contributed by atoms with Crippen LogP contribution in [0.3, 0.4) is 0 Å². The van der Waals surface area contributed by atoms with E-state index in [2.05, 4.69) is 129 Å². The van der Waals surface area contributed by atoms with Gasteiger partial charge in [0.05, 0.1) is 0 Å². The van der Waals surface area contributed by atoms with Crippen molar-refractivity contribution in [3.63, 3.8) is 0 Å². The third-order valence-corrected chi connectivity index (χ3v) is 13.8. The van der Waals surface area contributed by atoms with Crippen LogP contribution in [0.15, 0.2) is 77.5 Å². The summed E-state index contributed by atoms with van der Waals surface area (Å²) in [5.74, 6) is 0. The van der Waals surface area contributed by atoms with Crippen molar-refractivity contribution < 1.29 is 0 Å². The molecule has 0 radical (unpaired) electrons. The Hall–Kier alpha value is -2.64. The van der Waals surface area contributed by atoms with E-state index in [1.165, 1.54) is 33.4 Å². The van der Waals surface area contributed by atoms with Gasteiger partial charge in [0.15, 0.2) is 8.07 Å². The number of allylic oxidation sites excluding steroid dienone is 4. The summed E-state index contributed by atoms with van der Waals surface area (Å²) in [5.41, 5.74) is 10.5. The normalized spacial score (nSPS) is 13.9. The van der Waals surface area contributed by atoms with Gasteiger partial charge in [-0.05, 0) is 110 Å². The molecule has 1 heteroatoms. The minimum absolute atomic E-state index is 0.0858. The van der Waals surface area contributed by atoms with Crippen LogP contribution < -0.4 is 15.6 Å². The van der Waals surface area contributed by atoms with Gasteiger partial charge < -0.3 is 0 Å². The lowest BCUT2D eigenvalue weighted by molar-refractivity contribution is 0.515. The van der Waals surface area contributed by atoms with Gasteiger partial charge in [0.1, 0.15) is 0 Å². The lowest BCUT2D eigenvalue weighted by atomic mass is 9.87. The molecule has 0 nitrogen and oxygen atoms in total. The van der Waals surface area contributed by atoms with Gasteiger partial charge >= 0.3 is 0 Å². The van der Waals surface area contributed by atoms with E-state index in [1.807, 2.05) is 0 Å². The highest BCUT2D eigenvalue weighted by Crippen LogP contribution is 2.40. The summed E-state index contributed by atoms with van der Waals surface area (Å²) in [4.78, 5) is 0. The van der Waals surface area contributed by atoms with E-state index in [-0.39, 0.29) is 5.41 Å². The van der Waals surface area contributed by atoms with E-state index in [4.69, 9.17) is 0 Å². The van der Waals surface area contributed by atoms with Crippen molar-refractivity contribution in [2.75, 3.05) is 0 Å². The second-order valence-corrected chi connectivity index (χ2v) is 16.5. The SMILES string of the molecule is CCc1cc(CC)cc([Si](C2=CCC=C2C(C)(C)C)(c2cc(CC)cc(CC)c2)c2cc(CC)cc(CC)c2)c1. The van der Waals surface area contributed by atoms with Crippen molar-refractivity contribution in [2.24, 2.45) is 5.41 Å². The van der Waals surface area contributed by atoms with Crippen LogP contribution in [0.2, 0.25) is 0 Å². The fourth-order valence-electron chi connectivity index (χ4n) is 6.71. The van der Waals surface area contributed by atoms with Gasteiger partial charge in [0.25, 0.3) is 0 Å². The van der Waals surface area contributed by atoms with Crippen molar-refractivity contribution in [3.8, 4) is 0 Å². The average molecular weight is 549 g/mol. The van der Waals surface area contributed by atoms with Crippen molar-refractivity contribution in [2.45, 2.75) is 107 Å². The zero-order valence-corrected chi connectivity index (χ0v) is 27.8. The first-order chi connectivity index (χ1) is 19.1. The molecule has 0 heterocycles. The first-order valence-electron chi connectivity index (χ1n) is 16.0. The molecule has 40 heavy (non-hydrogen) atoms. The quantitative estimate of drug-likeness (QED) is 0.176. The summed E-state index contributed by atoms with van der Waals surface area (Å²) < 4.78 is 0. The van der Waals surface area contributed by atoms with E-state index in [0.29, 0.717) is 0 Å². The Balaban J connectivity index is 2.28. The van der Waals surface area contributed by atoms with Gasteiger partial charge in [-0.25, -0.2) is 0 Å². The van der Waals surface area contributed by atoms with Gasteiger partial charge in [-0.2, -0.15) is 0 Å². The predicted molar refractivity (Wildman–Crippen MR) is 180 cm³/mol. The predicted octanol–water partition coefficient (Wildman–Crippen LogP) is 8.37. The highest BCUT2D eigenvalue weighted by molar-refractivity contribution is 7.16. The first-order valence-corrected chi connectivity index (χ1v) is 18.0. The van der Waals surface area contributed by atoms with Gasteiger partial charge in [0, 0.05) is 0 Å². The molecule has 0 N–H and O–H groups in total. The molecule has 0 atom stereocenters. The fourth-order valence-corrected chi connectivity index (χ4v) is 12.4. The molecule has 0 aliphatic heterocycles. The van der Waals surface area contributed by atoms with Crippen molar-refractivity contribution in [1.29, 1.82) is 0 Å². The van der Waals surface area contributed by atoms with Gasteiger partial charge in [-0.3, -0.25) is 0 Å². The summed E-state index contributed by atoms with van der Waals surface area (Å²) in [7, 11) is -2.66. The van der Waals surface area contributed by atoms with Crippen LogP contribution in [0.5, 0.6) is 0 Å². The van der Waals surface area contributed by atoms with E-state index in [1.54, 1.807) is 26.3 Å². The Kier molecular flexibility index (Phi) is 9.46. The Morgan fingerprint density at radius 3 is 1.02 bits per heavy atom. The molecule has 1 aliphatic rings. The minimum Gasteiger partial charge on any atom is -0.0801 e. The summed E-state index contributed by atoms with van der Waals surface area (Å²) >= 11 is 0. The van der Waals surface area contributed by atoms with Gasteiger partial charge in [-0.15, -0.1) is 0 Å². The Bertz CT molecular complexity index is 1210. The zero-order chi connectivity index (χ0) is 29.1. The molecule has 0 saturated carbocycles. The number of rotatable bonds is 10. The molecule has 3 aromatic rings. The molecule has 3 aromatic carbocycles. The number of benzene rings is 3. The molecular weight excluding hydrogens is 497 g/mol.